The van der Waals surface area contributed by atoms with Crippen molar-refractivity contribution in [2.45, 2.75) is 52.7 Å². The number of pyridine rings is 1. The Hall–Kier alpha value is -2.04. The summed E-state index contributed by atoms with van der Waals surface area (Å²) in [6.45, 7) is 9.54. The van der Waals surface area contributed by atoms with Crippen molar-refractivity contribution in [1.29, 1.82) is 5.41 Å². The van der Waals surface area contributed by atoms with Crippen LogP contribution in [0.3, 0.4) is 0 Å². The fourth-order valence-corrected chi connectivity index (χ4v) is 1.88. The highest BCUT2D eigenvalue weighted by molar-refractivity contribution is 6.36. The molecule has 5 nitrogen and oxygen atoms in total. The van der Waals surface area contributed by atoms with E-state index < -0.39 is 11.6 Å². The van der Waals surface area contributed by atoms with Gasteiger partial charge in [0.15, 0.2) is 0 Å². The largest absolute Gasteiger partial charge is 0.458 e. The van der Waals surface area contributed by atoms with Crippen LogP contribution in [0.4, 0.5) is 0 Å². The highest BCUT2D eigenvalue weighted by Crippen LogP contribution is 2.16. The second kappa shape index (κ2) is 7.82. The first-order chi connectivity index (χ1) is 10.2. The van der Waals surface area contributed by atoms with E-state index >= 15 is 0 Å². The molecule has 0 bridgehead atoms. The van der Waals surface area contributed by atoms with Crippen molar-refractivity contribution in [3.8, 4) is 0 Å². The van der Waals surface area contributed by atoms with Gasteiger partial charge in [0, 0.05) is 12.4 Å². The zero-order valence-electron chi connectivity index (χ0n) is 14.0. The Balaban J connectivity index is 3.07. The quantitative estimate of drug-likeness (QED) is 0.647. The molecule has 120 valence electrons. The van der Waals surface area contributed by atoms with Crippen LogP contribution in [0.5, 0.6) is 0 Å². The number of carbonyl (C=O) groups excluding carboxylic acids is 1. The van der Waals surface area contributed by atoms with Gasteiger partial charge in [-0.3, -0.25) is 9.98 Å². The average molecular weight is 303 g/mol. The van der Waals surface area contributed by atoms with Gasteiger partial charge < -0.3 is 10.1 Å². The van der Waals surface area contributed by atoms with Crippen molar-refractivity contribution >= 4 is 17.9 Å². The van der Waals surface area contributed by atoms with E-state index in [1.165, 1.54) is 0 Å². The van der Waals surface area contributed by atoms with Crippen LogP contribution in [0.25, 0.3) is 0 Å². The predicted molar refractivity (Wildman–Crippen MR) is 88.6 cm³/mol. The van der Waals surface area contributed by atoms with Gasteiger partial charge in [0.2, 0.25) is 0 Å². The maximum Gasteiger partial charge on any atom is 0.331 e. The third-order valence-corrected chi connectivity index (χ3v) is 2.73. The summed E-state index contributed by atoms with van der Waals surface area (Å²) >= 11 is 0. The maximum atomic E-state index is 12.4. The number of esters is 1. The number of hydrogen-bond donors (Lipinski definition) is 1. The van der Waals surface area contributed by atoms with Gasteiger partial charge in [-0.1, -0.05) is 19.9 Å². The molecule has 5 heteroatoms. The third-order valence-electron chi connectivity index (χ3n) is 2.73. The molecule has 1 N–H and O–H groups in total. The minimum Gasteiger partial charge on any atom is -0.458 e. The second-order valence-corrected chi connectivity index (χ2v) is 6.55. The smallest absolute Gasteiger partial charge is 0.331 e. The van der Waals surface area contributed by atoms with Crippen LogP contribution < -0.4 is 0 Å². The lowest BCUT2D eigenvalue weighted by atomic mass is 10.0. The molecular weight excluding hydrogens is 278 g/mol. The molecular formula is C17H25N3O2. The van der Waals surface area contributed by atoms with Crippen molar-refractivity contribution in [1.82, 2.24) is 4.98 Å². The molecule has 0 spiro atoms. The first kappa shape index (κ1) is 18.0. The number of carbonyl (C=O) groups is 1. The van der Waals surface area contributed by atoms with Crippen LogP contribution in [-0.2, 0) is 9.53 Å². The van der Waals surface area contributed by atoms with Crippen molar-refractivity contribution in [2.75, 3.05) is 0 Å². The molecule has 0 saturated heterocycles. The maximum absolute atomic E-state index is 12.4. The molecule has 1 atom stereocenters. The van der Waals surface area contributed by atoms with Crippen molar-refractivity contribution in [3.63, 3.8) is 0 Å². The Morgan fingerprint density at radius 3 is 2.55 bits per heavy atom. The SMILES string of the molecule is CC(C)CC(N=C(C=N)c1ccccn1)C(=O)OC(C)(C)C. The van der Waals surface area contributed by atoms with Gasteiger partial charge in [-0.25, -0.2) is 4.79 Å². The highest BCUT2D eigenvalue weighted by atomic mass is 16.6. The van der Waals surface area contributed by atoms with Gasteiger partial charge in [0.05, 0.1) is 5.69 Å². The van der Waals surface area contributed by atoms with Crippen molar-refractivity contribution in [3.05, 3.63) is 30.1 Å². The van der Waals surface area contributed by atoms with Crippen LogP contribution in [0.1, 0.15) is 46.7 Å². The Labute approximate surface area is 132 Å². The minimum absolute atomic E-state index is 0.289. The zero-order valence-corrected chi connectivity index (χ0v) is 14.0. The van der Waals surface area contributed by atoms with E-state index in [0.717, 1.165) is 6.21 Å². The summed E-state index contributed by atoms with van der Waals surface area (Å²) in [7, 11) is 0. The van der Waals surface area contributed by atoms with Crippen LogP contribution >= 0.6 is 0 Å². The van der Waals surface area contributed by atoms with Crippen LogP contribution in [0.15, 0.2) is 29.4 Å². The van der Waals surface area contributed by atoms with Gasteiger partial charge in [0.1, 0.15) is 17.4 Å². The number of hydrogen-bond acceptors (Lipinski definition) is 5. The third kappa shape index (κ3) is 6.16. The zero-order chi connectivity index (χ0) is 16.8. The lowest BCUT2D eigenvalue weighted by Crippen LogP contribution is -2.32. The van der Waals surface area contributed by atoms with E-state index in [1.807, 2.05) is 40.7 Å². The van der Waals surface area contributed by atoms with Gasteiger partial charge in [-0.15, -0.1) is 0 Å². The summed E-state index contributed by atoms with van der Waals surface area (Å²) in [5.41, 5.74) is 0.407. The van der Waals surface area contributed by atoms with Crippen molar-refractivity contribution in [2.24, 2.45) is 10.9 Å². The first-order valence-electron chi connectivity index (χ1n) is 7.45. The summed E-state index contributed by atoms with van der Waals surface area (Å²) in [6.07, 6.45) is 3.33. The molecule has 1 rings (SSSR count). The van der Waals surface area contributed by atoms with Crippen LogP contribution in [0.2, 0.25) is 0 Å². The Morgan fingerprint density at radius 1 is 1.41 bits per heavy atom. The predicted octanol–water partition coefficient (Wildman–Crippen LogP) is 3.28. The Morgan fingerprint density at radius 2 is 2.09 bits per heavy atom. The normalized spacial score (nSPS) is 13.8. The van der Waals surface area contributed by atoms with Crippen LogP contribution in [0, 0.1) is 11.3 Å². The van der Waals surface area contributed by atoms with Gasteiger partial charge >= 0.3 is 5.97 Å². The summed E-state index contributed by atoms with van der Waals surface area (Å²) < 4.78 is 5.44. The summed E-state index contributed by atoms with van der Waals surface area (Å²) in [5, 5.41) is 7.55. The standard InChI is InChI=1S/C17H25N3O2/c1-12(2)10-14(16(21)22-17(3,4)5)20-15(11-18)13-8-6-7-9-19-13/h6-9,11-12,14,18H,10H2,1-5H3. The number of ether oxygens (including phenoxy) is 1. The van der Waals surface area contributed by atoms with E-state index in [9.17, 15) is 4.79 Å². The molecule has 1 unspecified atom stereocenters. The topological polar surface area (TPSA) is 75.4 Å². The van der Waals surface area contributed by atoms with Gasteiger partial charge in [0.25, 0.3) is 0 Å². The number of nitrogens with zero attached hydrogens (tertiary/aromatic N) is 2. The summed E-state index contributed by atoms with van der Waals surface area (Å²) in [5.74, 6) is -0.0755. The average Bonchev–Trinajstić information content (AvgIpc) is 2.42. The fraction of sp³-hybridized carbons (Fsp3) is 0.529. The van der Waals surface area contributed by atoms with Gasteiger partial charge in [-0.05, 0) is 45.2 Å². The van der Waals surface area contributed by atoms with E-state index in [0.29, 0.717) is 17.8 Å². The second-order valence-electron chi connectivity index (χ2n) is 6.55. The number of aliphatic imine (C=N–C) groups is 1. The molecule has 1 aromatic rings. The molecule has 0 aromatic carbocycles. The van der Waals surface area contributed by atoms with E-state index in [2.05, 4.69) is 9.98 Å². The number of aromatic nitrogens is 1. The lowest BCUT2D eigenvalue weighted by molar-refractivity contribution is -0.156. The summed E-state index contributed by atoms with van der Waals surface area (Å²) in [4.78, 5) is 21.0. The monoisotopic (exact) mass is 303 g/mol. The summed E-state index contributed by atoms with van der Waals surface area (Å²) in [6, 6.07) is 4.76. The van der Waals surface area contributed by atoms with E-state index in [4.69, 9.17) is 10.1 Å². The molecule has 0 radical (unpaired) electrons. The number of nitrogens with one attached hydrogen (secondary N) is 1. The molecule has 0 aliphatic rings. The highest BCUT2D eigenvalue weighted by Gasteiger charge is 2.26. The molecule has 0 aliphatic heterocycles. The lowest BCUT2D eigenvalue weighted by Gasteiger charge is -2.23. The van der Waals surface area contributed by atoms with Crippen LogP contribution in [-0.4, -0.2) is 34.5 Å². The molecule has 1 heterocycles. The van der Waals surface area contributed by atoms with E-state index in [-0.39, 0.29) is 11.9 Å². The molecule has 1 aromatic heterocycles. The molecule has 22 heavy (non-hydrogen) atoms. The number of rotatable bonds is 6. The first-order valence-corrected chi connectivity index (χ1v) is 7.45. The van der Waals surface area contributed by atoms with Gasteiger partial charge in [-0.2, -0.15) is 0 Å². The van der Waals surface area contributed by atoms with Crippen molar-refractivity contribution < 1.29 is 9.53 Å². The Kier molecular flexibility index (Phi) is 6.40. The molecule has 0 aliphatic carbocycles. The van der Waals surface area contributed by atoms with E-state index in [1.54, 1.807) is 18.3 Å². The fourth-order valence-electron chi connectivity index (χ4n) is 1.88. The molecule has 0 saturated carbocycles. The minimum atomic E-state index is -0.627. The molecule has 0 amide bonds. The molecule has 0 fully saturated rings. The Bertz CT molecular complexity index is 531.